The largest absolute Gasteiger partial charge is 0.459 e. The van der Waals surface area contributed by atoms with Gasteiger partial charge in [-0.2, -0.15) is 0 Å². The molecule has 0 amide bonds. The molecule has 16 heavy (non-hydrogen) atoms. The van der Waals surface area contributed by atoms with Gasteiger partial charge < -0.3 is 10.5 Å². The number of hydrogen-bond acceptors (Lipinski definition) is 3. The molecule has 0 spiro atoms. The van der Waals surface area contributed by atoms with Gasteiger partial charge >= 0.3 is 5.97 Å². The predicted molar refractivity (Wildman–Crippen MR) is 64.9 cm³/mol. The molecule has 0 aromatic carbocycles. The molecule has 1 fully saturated rings. The van der Waals surface area contributed by atoms with E-state index in [2.05, 4.69) is 13.8 Å². The smallest absolute Gasteiger partial charge is 0.326 e. The van der Waals surface area contributed by atoms with Crippen LogP contribution in [0.3, 0.4) is 0 Å². The van der Waals surface area contributed by atoms with E-state index in [1.54, 1.807) is 0 Å². The minimum atomic E-state index is -0.809. The number of carbonyl (C=O) groups is 1. The lowest BCUT2D eigenvalue weighted by Gasteiger charge is -2.31. The van der Waals surface area contributed by atoms with Gasteiger partial charge in [-0.15, -0.1) is 0 Å². The second kappa shape index (κ2) is 3.73. The van der Waals surface area contributed by atoms with Crippen molar-refractivity contribution in [2.24, 2.45) is 17.1 Å². The standard InChI is InChI=1S/C13H25NO2/c1-9-7-12(5,6)8-13(9,14)10(15)16-11(2,3)4/h9H,7-8,14H2,1-6H3/t9-,13-/m0/s1. The highest BCUT2D eigenvalue weighted by atomic mass is 16.6. The molecule has 0 radical (unpaired) electrons. The highest BCUT2D eigenvalue weighted by Crippen LogP contribution is 2.46. The Morgan fingerprint density at radius 2 is 1.88 bits per heavy atom. The van der Waals surface area contributed by atoms with Gasteiger partial charge in [0.2, 0.25) is 0 Å². The van der Waals surface area contributed by atoms with Gasteiger partial charge in [-0.3, -0.25) is 4.79 Å². The van der Waals surface area contributed by atoms with Crippen molar-refractivity contribution in [2.45, 2.75) is 65.5 Å². The van der Waals surface area contributed by atoms with Gasteiger partial charge in [0.15, 0.2) is 0 Å². The van der Waals surface area contributed by atoms with Crippen LogP contribution in [-0.2, 0) is 9.53 Å². The quantitative estimate of drug-likeness (QED) is 0.700. The molecule has 0 saturated heterocycles. The second-order valence-electron chi connectivity index (χ2n) is 6.99. The van der Waals surface area contributed by atoms with Gasteiger partial charge in [0.05, 0.1) is 0 Å². The number of carbonyl (C=O) groups excluding carboxylic acids is 1. The second-order valence-corrected chi connectivity index (χ2v) is 6.99. The van der Waals surface area contributed by atoms with Crippen molar-refractivity contribution in [2.75, 3.05) is 0 Å². The molecule has 1 aliphatic carbocycles. The first-order chi connectivity index (χ1) is 6.96. The Morgan fingerprint density at radius 3 is 2.19 bits per heavy atom. The van der Waals surface area contributed by atoms with E-state index in [1.807, 2.05) is 27.7 Å². The van der Waals surface area contributed by atoms with Gasteiger partial charge in [-0.05, 0) is 44.9 Å². The summed E-state index contributed by atoms with van der Waals surface area (Å²) in [5, 5.41) is 0. The van der Waals surface area contributed by atoms with E-state index in [-0.39, 0.29) is 17.3 Å². The number of hydrogen-bond donors (Lipinski definition) is 1. The number of rotatable bonds is 1. The van der Waals surface area contributed by atoms with Gasteiger partial charge in [-0.25, -0.2) is 0 Å². The Morgan fingerprint density at radius 1 is 1.38 bits per heavy atom. The van der Waals surface area contributed by atoms with E-state index >= 15 is 0 Å². The maximum absolute atomic E-state index is 12.1. The van der Waals surface area contributed by atoms with E-state index in [0.29, 0.717) is 6.42 Å². The summed E-state index contributed by atoms with van der Waals surface area (Å²) in [4.78, 5) is 12.1. The van der Waals surface area contributed by atoms with E-state index in [1.165, 1.54) is 0 Å². The SMILES string of the molecule is C[C@H]1CC(C)(C)C[C@@]1(N)C(=O)OC(C)(C)C. The highest BCUT2D eigenvalue weighted by molar-refractivity contribution is 5.82. The minimum absolute atomic E-state index is 0.130. The van der Waals surface area contributed by atoms with Crippen LogP contribution in [0.1, 0.15) is 54.4 Å². The zero-order valence-corrected chi connectivity index (χ0v) is 11.4. The first-order valence-corrected chi connectivity index (χ1v) is 5.99. The molecule has 0 aromatic heterocycles. The Hall–Kier alpha value is -0.570. The number of nitrogens with two attached hydrogens (primary N) is 1. The summed E-state index contributed by atoms with van der Waals surface area (Å²) in [5.41, 5.74) is 5.11. The molecule has 3 heteroatoms. The summed E-state index contributed by atoms with van der Waals surface area (Å²) in [6.07, 6.45) is 1.68. The Kier molecular flexibility index (Phi) is 3.14. The fourth-order valence-corrected chi connectivity index (χ4v) is 2.70. The molecule has 0 aromatic rings. The molecular weight excluding hydrogens is 202 g/mol. The van der Waals surface area contributed by atoms with Crippen LogP contribution in [-0.4, -0.2) is 17.1 Å². The average molecular weight is 227 g/mol. The maximum Gasteiger partial charge on any atom is 0.326 e. The van der Waals surface area contributed by atoms with Crippen molar-refractivity contribution in [3.05, 3.63) is 0 Å². The zero-order valence-electron chi connectivity index (χ0n) is 11.4. The summed E-state index contributed by atoms with van der Waals surface area (Å²) in [5.74, 6) is -0.0737. The van der Waals surface area contributed by atoms with Crippen LogP contribution < -0.4 is 5.73 Å². The Balaban J connectivity index is 2.83. The third-order valence-electron chi connectivity index (χ3n) is 3.29. The normalized spacial score (nSPS) is 33.8. The summed E-state index contributed by atoms with van der Waals surface area (Å²) in [6, 6.07) is 0. The van der Waals surface area contributed by atoms with Gasteiger partial charge in [0.1, 0.15) is 11.1 Å². The molecule has 0 unspecified atom stereocenters. The Labute approximate surface area is 98.7 Å². The van der Waals surface area contributed by atoms with Crippen LogP contribution in [0.4, 0.5) is 0 Å². The molecule has 94 valence electrons. The third kappa shape index (κ3) is 2.76. The average Bonchev–Trinajstić information content (AvgIpc) is 2.18. The Bertz CT molecular complexity index is 291. The van der Waals surface area contributed by atoms with Crippen LogP contribution >= 0.6 is 0 Å². The maximum atomic E-state index is 12.1. The number of esters is 1. The molecule has 1 aliphatic rings. The molecule has 0 aliphatic heterocycles. The summed E-state index contributed by atoms with van der Waals surface area (Å²) in [6.45, 7) is 12.0. The van der Waals surface area contributed by atoms with E-state index in [4.69, 9.17) is 10.5 Å². The van der Waals surface area contributed by atoms with E-state index in [0.717, 1.165) is 6.42 Å². The van der Waals surface area contributed by atoms with Gasteiger partial charge in [0.25, 0.3) is 0 Å². The zero-order chi connectivity index (χ0) is 12.8. The van der Waals surface area contributed by atoms with Crippen LogP contribution in [0, 0.1) is 11.3 Å². The van der Waals surface area contributed by atoms with E-state index in [9.17, 15) is 4.79 Å². The van der Waals surface area contributed by atoms with Crippen LogP contribution in [0.5, 0.6) is 0 Å². The van der Waals surface area contributed by atoms with Crippen molar-refractivity contribution < 1.29 is 9.53 Å². The van der Waals surface area contributed by atoms with Crippen molar-refractivity contribution in [3.63, 3.8) is 0 Å². The lowest BCUT2D eigenvalue weighted by molar-refractivity contribution is -0.163. The van der Waals surface area contributed by atoms with Crippen molar-refractivity contribution in [1.82, 2.24) is 0 Å². The van der Waals surface area contributed by atoms with Crippen molar-refractivity contribution >= 4 is 5.97 Å². The fourth-order valence-electron chi connectivity index (χ4n) is 2.70. The van der Waals surface area contributed by atoms with Crippen molar-refractivity contribution in [3.8, 4) is 0 Å². The molecule has 2 atom stereocenters. The lowest BCUT2D eigenvalue weighted by atomic mass is 9.87. The molecular formula is C13H25NO2. The predicted octanol–water partition coefficient (Wildman–Crippen LogP) is 2.48. The molecule has 0 bridgehead atoms. The fraction of sp³-hybridized carbons (Fsp3) is 0.923. The lowest BCUT2D eigenvalue weighted by Crippen LogP contribution is -2.53. The summed E-state index contributed by atoms with van der Waals surface area (Å²) in [7, 11) is 0. The highest BCUT2D eigenvalue weighted by Gasteiger charge is 2.52. The first-order valence-electron chi connectivity index (χ1n) is 5.99. The topological polar surface area (TPSA) is 52.3 Å². The van der Waals surface area contributed by atoms with Crippen LogP contribution in [0.2, 0.25) is 0 Å². The number of ether oxygens (including phenoxy) is 1. The van der Waals surface area contributed by atoms with Crippen LogP contribution in [0.15, 0.2) is 0 Å². The van der Waals surface area contributed by atoms with E-state index < -0.39 is 11.1 Å². The summed E-state index contributed by atoms with van der Waals surface area (Å²) >= 11 is 0. The molecule has 1 rings (SSSR count). The molecule has 1 saturated carbocycles. The third-order valence-corrected chi connectivity index (χ3v) is 3.29. The minimum Gasteiger partial charge on any atom is -0.459 e. The molecule has 0 heterocycles. The van der Waals surface area contributed by atoms with Gasteiger partial charge in [0, 0.05) is 0 Å². The summed E-state index contributed by atoms with van der Waals surface area (Å²) < 4.78 is 5.42. The first kappa shape index (κ1) is 13.5. The van der Waals surface area contributed by atoms with Crippen molar-refractivity contribution in [1.29, 1.82) is 0 Å². The van der Waals surface area contributed by atoms with Crippen LogP contribution in [0.25, 0.3) is 0 Å². The monoisotopic (exact) mass is 227 g/mol. The van der Waals surface area contributed by atoms with Gasteiger partial charge in [-0.1, -0.05) is 20.8 Å². The molecule has 3 nitrogen and oxygen atoms in total. The molecule has 2 N–H and O–H groups in total.